The molecule has 4 heteroatoms. The van der Waals surface area contributed by atoms with E-state index >= 15 is 0 Å². The zero-order valence-corrected chi connectivity index (χ0v) is 9.12. The summed E-state index contributed by atoms with van der Waals surface area (Å²) in [6.07, 6.45) is 3.44. The molecule has 15 heavy (non-hydrogen) atoms. The summed E-state index contributed by atoms with van der Waals surface area (Å²) in [7, 11) is 0. The SMILES string of the molecule is Cc1ccc(Cn2ccc(C(=O)O)c2)s1. The lowest BCUT2D eigenvalue weighted by Gasteiger charge is -1.98. The Balaban J connectivity index is 2.14. The maximum Gasteiger partial charge on any atom is 0.337 e. The Labute approximate surface area is 91.6 Å². The van der Waals surface area contributed by atoms with Crippen molar-refractivity contribution < 1.29 is 9.90 Å². The average Bonchev–Trinajstić information content (AvgIpc) is 2.76. The Morgan fingerprint density at radius 2 is 2.27 bits per heavy atom. The van der Waals surface area contributed by atoms with Crippen LogP contribution < -0.4 is 0 Å². The van der Waals surface area contributed by atoms with Gasteiger partial charge in [0.05, 0.1) is 12.1 Å². The Kier molecular flexibility index (Phi) is 2.60. The van der Waals surface area contributed by atoms with Crippen molar-refractivity contribution in [2.75, 3.05) is 0 Å². The van der Waals surface area contributed by atoms with Crippen molar-refractivity contribution in [3.63, 3.8) is 0 Å². The zero-order valence-electron chi connectivity index (χ0n) is 8.30. The molecule has 0 saturated heterocycles. The third-order valence-corrected chi connectivity index (χ3v) is 3.12. The molecule has 2 rings (SSSR count). The lowest BCUT2D eigenvalue weighted by atomic mass is 10.3. The molecule has 0 unspecified atom stereocenters. The first-order valence-electron chi connectivity index (χ1n) is 4.59. The van der Waals surface area contributed by atoms with E-state index in [2.05, 4.69) is 19.1 Å². The molecule has 0 aliphatic heterocycles. The molecule has 0 aliphatic rings. The highest BCUT2D eigenvalue weighted by Gasteiger charge is 2.05. The molecule has 0 spiro atoms. The molecule has 0 amide bonds. The number of hydrogen-bond donors (Lipinski definition) is 1. The van der Waals surface area contributed by atoms with Gasteiger partial charge < -0.3 is 9.67 Å². The number of rotatable bonds is 3. The van der Waals surface area contributed by atoms with E-state index in [0.29, 0.717) is 5.56 Å². The van der Waals surface area contributed by atoms with Crippen molar-refractivity contribution >= 4 is 17.3 Å². The molecule has 0 atom stereocenters. The highest BCUT2D eigenvalue weighted by molar-refractivity contribution is 7.11. The van der Waals surface area contributed by atoms with Crippen LogP contribution in [-0.4, -0.2) is 15.6 Å². The number of thiophene rings is 1. The van der Waals surface area contributed by atoms with E-state index in [0.717, 1.165) is 6.54 Å². The van der Waals surface area contributed by atoms with Crippen LogP contribution in [0.4, 0.5) is 0 Å². The van der Waals surface area contributed by atoms with E-state index in [1.165, 1.54) is 9.75 Å². The van der Waals surface area contributed by atoms with Crippen LogP contribution in [0, 0.1) is 6.92 Å². The van der Waals surface area contributed by atoms with Gasteiger partial charge in [0, 0.05) is 22.1 Å². The van der Waals surface area contributed by atoms with E-state index < -0.39 is 5.97 Å². The van der Waals surface area contributed by atoms with Gasteiger partial charge in [-0.2, -0.15) is 0 Å². The summed E-state index contributed by atoms with van der Waals surface area (Å²) in [5.74, 6) is -0.879. The molecule has 0 radical (unpaired) electrons. The fourth-order valence-electron chi connectivity index (χ4n) is 1.42. The average molecular weight is 221 g/mol. The first kappa shape index (κ1) is 9.98. The lowest BCUT2D eigenvalue weighted by molar-refractivity contribution is 0.0697. The summed E-state index contributed by atoms with van der Waals surface area (Å²) in [4.78, 5) is 13.2. The van der Waals surface area contributed by atoms with Crippen LogP contribution in [0.15, 0.2) is 30.6 Å². The normalized spacial score (nSPS) is 10.5. The second-order valence-corrected chi connectivity index (χ2v) is 4.76. The van der Waals surface area contributed by atoms with E-state index in [-0.39, 0.29) is 0 Å². The Bertz CT molecular complexity index is 484. The molecule has 0 fully saturated rings. The van der Waals surface area contributed by atoms with Gasteiger partial charge in [0.15, 0.2) is 0 Å². The largest absolute Gasteiger partial charge is 0.478 e. The molecule has 2 heterocycles. The quantitative estimate of drug-likeness (QED) is 0.865. The Morgan fingerprint density at radius 1 is 1.47 bits per heavy atom. The monoisotopic (exact) mass is 221 g/mol. The van der Waals surface area contributed by atoms with E-state index in [9.17, 15) is 4.79 Å². The van der Waals surface area contributed by atoms with Gasteiger partial charge >= 0.3 is 5.97 Å². The highest BCUT2D eigenvalue weighted by atomic mass is 32.1. The van der Waals surface area contributed by atoms with Crippen molar-refractivity contribution in [3.8, 4) is 0 Å². The molecule has 0 aliphatic carbocycles. The molecule has 2 aromatic heterocycles. The summed E-state index contributed by atoms with van der Waals surface area (Å²) >= 11 is 1.73. The predicted molar refractivity (Wildman–Crippen MR) is 59.5 cm³/mol. The number of aromatic carboxylic acids is 1. The Hall–Kier alpha value is -1.55. The number of hydrogen-bond acceptors (Lipinski definition) is 2. The van der Waals surface area contributed by atoms with E-state index in [4.69, 9.17) is 5.11 Å². The van der Waals surface area contributed by atoms with Crippen LogP contribution in [0.2, 0.25) is 0 Å². The second-order valence-electron chi connectivity index (χ2n) is 3.39. The van der Waals surface area contributed by atoms with Gasteiger partial charge in [0.1, 0.15) is 0 Å². The third kappa shape index (κ3) is 2.27. The Morgan fingerprint density at radius 3 is 2.80 bits per heavy atom. The molecule has 0 saturated carbocycles. The fourth-order valence-corrected chi connectivity index (χ4v) is 2.32. The van der Waals surface area contributed by atoms with Crippen LogP contribution in [-0.2, 0) is 6.54 Å². The number of carboxylic acids is 1. The summed E-state index contributed by atoms with van der Waals surface area (Å²) in [6, 6.07) is 5.75. The lowest BCUT2D eigenvalue weighted by Crippen LogP contribution is -1.96. The molecule has 0 aromatic carbocycles. The number of aryl methyl sites for hydroxylation is 1. The third-order valence-electron chi connectivity index (χ3n) is 2.13. The highest BCUT2D eigenvalue weighted by Crippen LogP contribution is 2.16. The number of carbonyl (C=O) groups is 1. The molecular formula is C11H11NO2S. The maximum atomic E-state index is 10.7. The van der Waals surface area contributed by atoms with Gasteiger partial charge in [0.2, 0.25) is 0 Å². The van der Waals surface area contributed by atoms with Gasteiger partial charge in [-0.15, -0.1) is 11.3 Å². The van der Waals surface area contributed by atoms with Gasteiger partial charge in [0.25, 0.3) is 0 Å². The second kappa shape index (κ2) is 3.90. The number of carboxylic acid groups (broad SMARTS) is 1. The van der Waals surface area contributed by atoms with Crippen molar-refractivity contribution in [2.45, 2.75) is 13.5 Å². The molecular weight excluding hydrogens is 210 g/mol. The van der Waals surface area contributed by atoms with Crippen molar-refractivity contribution in [3.05, 3.63) is 45.9 Å². The molecule has 0 bridgehead atoms. The molecule has 2 aromatic rings. The first-order chi connectivity index (χ1) is 7.15. The number of aromatic nitrogens is 1. The fraction of sp³-hybridized carbons (Fsp3) is 0.182. The predicted octanol–water partition coefficient (Wildman–Crippen LogP) is 2.60. The van der Waals surface area contributed by atoms with Crippen LogP contribution in [0.3, 0.4) is 0 Å². The smallest absolute Gasteiger partial charge is 0.337 e. The molecule has 1 N–H and O–H groups in total. The topological polar surface area (TPSA) is 42.2 Å². The summed E-state index contributed by atoms with van der Waals surface area (Å²) in [5.41, 5.74) is 0.336. The van der Waals surface area contributed by atoms with Crippen molar-refractivity contribution in [1.29, 1.82) is 0 Å². The van der Waals surface area contributed by atoms with Gasteiger partial charge in [-0.25, -0.2) is 4.79 Å². The molecule has 3 nitrogen and oxygen atoms in total. The van der Waals surface area contributed by atoms with Crippen LogP contribution in [0.1, 0.15) is 20.1 Å². The molecule has 78 valence electrons. The summed E-state index contributed by atoms with van der Waals surface area (Å²) < 4.78 is 1.88. The summed E-state index contributed by atoms with van der Waals surface area (Å²) in [5, 5.41) is 8.76. The van der Waals surface area contributed by atoms with Crippen molar-refractivity contribution in [2.24, 2.45) is 0 Å². The minimum Gasteiger partial charge on any atom is -0.478 e. The van der Waals surface area contributed by atoms with Crippen LogP contribution in [0.25, 0.3) is 0 Å². The van der Waals surface area contributed by atoms with E-state index in [1.807, 2.05) is 4.57 Å². The summed E-state index contributed by atoms with van der Waals surface area (Å²) in [6.45, 7) is 2.80. The van der Waals surface area contributed by atoms with E-state index in [1.54, 1.807) is 29.8 Å². The first-order valence-corrected chi connectivity index (χ1v) is 5.41. The minimum atomic E-state index is -0.879. The standard InChI is InChI=1S/C11H11NO2S/c1-8-2-3-10(15-8)7-12-5-4-9(6-12)11(13)14/h2-6H,7H2,1H3,(H,13,14). The number of nitrogens with zero attached hydrogens (tertiary/aromatic N) is 1. The zero-order chi connectivity index (χ0) is 10.8. The van der Waals surface area contributed by atoms with Crippen molar-refractivity contribution in [1.82, 2.24) is 4.57 Å². The van der Waals surface area contributed by atoms with Gasteiger partial charge in [-0.3, -0.25) is 0 Å². The van der Waals surface area contributed by atoms with Gasteiger partial charge in [-0.1, -0.05) is 0 Å². The van der Waals surface area contributed by atoms with Crippen LogP contribution >= 0.6 is 11.3 Å². The van der Waals surface area contributed by atoms with Gasteiger partial charge in [-0.05, 0) is 25.1 Å². The minimum absolute atomic E-state index is 0.336. The van der Waals surface area contributed by atoms with Crippen LogP contribution in [0.5, 0.6) is 0 Å². The maximum absolute atomic E-state index is 10.7.